The molecule has 0 saturated carbocycles. The molecule has 0 aliphatic carbocycles. The molecule has 0 saturated heterocycles. The van der Waals surface area contributed by atoms with E-state index in [1.807, 2.05) is 48.5 Å². The van der Waals surface area contributed by atoms with E-state index < -0.39 is 11.8 Å². The third-order valence-corrected chi connectivity index (χ3v) is 7.43. The molecule has 0 fully saturated rings. The van der Waals surface area contributed by atoms with Crippen molar-refractivity contribution in [1.82, 2.24) is 25.2 Å². The molecule has 1 aromatic heterocycles. The Morgan fingerprint density at radius 3 is 2.41 bits per heavy atom. The molecule has 0 radical (unpaired) electrons. The molecule has 0 atom stereocenters. The summed E-state index contributed by atoms with van der Waals surface area (Å²) in [7, 11) is 0. The minimum Gasteiger partial charge on any atom is -0.379 e. The van der Waals surface area contributed by atoms with Gasteiger partial charge in [0.1, 0.15) is 5.69 Å². The molecule has 15 heteroatoms. The summed E-state index contributed by atoms with van der Waals surface area (Å²) >= 11 is 0. The first-order chi connectivity index (χ1) is 22.5. The molecule has 1 N–H and O–H groups in total. The van der Waals surface area contributed by atoms with Crippen molar-refractivity contribution in [1.29, 1.82) is 0 Å². The quantitative estimate of drug-likeness (QED) is 0.0876. The Balaban J connectivity index is 1.25. The summed E-state index contributed by atoms with van der Waals surface area (Å²) in [5, 5.41) is 15.1. The molecule has 15 nitrogen and oxygen atoms in total. The number of carbonyl (C=O) groups excluding carboxylic acids is 4. The molecule has 238 valence electrons. The molecule has 0 bridgehead atoms. The SMILES string of the molecule is [N-]=[N+]=NCCOCCOCCn1nnc2c1-c1ccccc1CN(C(=O)CCNC(=O)CCN1C(=O)C=CC1=O)c1ccccc1-2. The lowest BCUT2D eigenvalue weighted by Crippen LogP contribution is -2.37. The van der Waals surface area contributed by atoms with E-state index in [0.717, 1.165) is 27.3 Å². The zero-order valence-electron chi connectivity index (χ0n) is 25.1. The van der Waals surface area contributed by atoms with Gasteiger partial charge < -0.3 is 19.7 Å². The fourth-order valence-corrected chi connectivity index (χ4v) is 5.21. The summed E-state index contributed by atoms with van der Waals surface area (Å²) in [6.45, 7) is 2.53. The van der Waals surface area contributed by atoms with Crippen molar-refractivity contribution in [3.8, 4) is 22.5 Å². The smallest absolute Gasteiger partial charge is 0.253 e. The van der Waals surface area contributed by atoms with E-state index >= 15 is 0 Å². The van der Waals surface area contributed by atoms with Gasteiger partial charge in [-0.2, -0.15) is 0 Å². The molecule has 46 heavy (non-hydrogen) atoms. The number of azide groups is 1. The second kappa shape index (κ2) is 15.6. The van der Waals surface area contributed by atoms with Crippen LogP contribution >= 0.6 is 0 Å². The molecule has 2 aliphatic heterocycles. The maximum atomic E-state index is 13.7. The summed E-state index contributed by atoms with van der Waals surface area (Å²) < 4.78 is 12.9. The van der Waals surface area contributed by atoms with Gasteiger partial charge >= 0.3 is 0 Å². The van der Waals surface area contributed by atoms with Crippen LogP contribution in [-0.2, 0) is 41.7 Å². The van der Waals surface area contributed by atoms with Crippen LogP contribution in [0, 0.1) is 0 Å². The highest BCUT2D eigenvalue weighted by Crippen LogP contribution is 2.41. The number of anilines is 1. The highest BCUT2D eigenvalue weighted by Gasteiger charge is 2.29. The summed E-state index contributed by atoms with van der Waals surface area (Å²) in [5.41, 5.74) is 13.0. The van der Waals surface area contributed by atoms with Crippen LogP contribution in [0.15, 0.2) is 65.8 Å². The Morgan fingerprint density at radius 1 is 0.913 bits per heavy atom. The average molecular weight is 628 g/mol. The van der Waals surface area contributed by atoms with E-state index in [9.17, 15) is 19.2 Å². The van der Waals surface area contributed by atoms with Crippen LogP contribution in [0.4, 0.5) is 5.69 Å². The number of hydrogen-bond donors (Lipinski definition) is 1. The van der Waals surface area contributed by atoms with Crippen LogP contribution < -0.4 is 10.2 Å². The molecular weight excluding hydrogens is 594 g/mol. The molecule has 0 unspecified atom stereocenters. The first-order valence-electron chi connectivity index (χ1n) is 14.9. The lowest BCUT2D eigenvalue weighted by molar-refractivity contribution is -0.137. The van der Waals surface area contributed by atoms with Crippen LogP contribution in [-0.4, -0.2) is 89.6 Å². The van der Waals surface area contributed by atoms with Gasteiger partial charge in [-0.1, -0.05) is 52.8 Å². The molecule has 3 aromatic rings. The Kier molecular flexibility index (Phi) is 10.8. The number of amides is 4. The lowest BCUT2D eigenvalue weighted by Gasteiger charge is -2.28. The van der Waals surface area contributed by atoms with Crippen LogP contribution in [0.2, 0.25) is 0 Å². The predicted molar refractivity (Wildman–Crippen MR) is 166 cm³/mol. The highest BCUT2D eigenvalue weighted by atomic mass is 16.5. The number of aromatic nitrogens is 3. The number of ether oxygens (including phenoxy) is 2. The van der Waals surface area contributed by atoms with Crippen molar-refractivity contribution in [2.45, 2.75) is 25.9 Å². The summed E-state index contributed by atoms with van der Waals surface area (Å²) in [5.74, 6) is -1.44. The number of nitrogens with one attached hydrogen (secondary N) is 1. The monoisotopic (exact) mass is 627 g/mol. The molecule has 0 spiro atoms. The van der Waals surface area contributed by atoms with E-state index in [0.29, 0.717) is 50.9 Å². The summed E-state index contributed by atoms with van der Waals surface area (Å²) in [6.07, 6.45) is 2.34. The summed E-state index contributed by atoms with van der Waals surface area (Å²) in [6, 6.07) is 15.3. The zero-order chi connectivity index (χ0) is 32.3. The van der Waals surface area contributed by atoms with Gasteiger partial charge in [-0.3, -0.25) is 24.1 Å². The van der Waals surface area contributed by atoms with Crippen LogP contribution in [0.5, 0.6) is 0 Å². The zero-order valence-corrected chi connectivity index (χ0v) is 25.1. The van der Waals surface area contributed by atoms with Crippen molar-refractivity contribution in [2.24, 2.45) is 5.11 Å². The second-order valence-electron chi connectivity index (χ2n) is 10.4. The third-order valence-electron chi connectivity index (χ3n) is 7.43. The molecule has 3 heterocycles. The van der Waals surface area contributed by atoms with Gasteiger partial charge in [0.15, 0.2) is 0 Å². The second-order valence-corrected chi connectivity index (χ2v) is 10.4. The van der Waals surface area contributed by atoms with Gasteiger partial charge in [-0.25, -0.2) is 4.68 Å². The summed E-state index contributed by atoms with van der Waals surface area (Å²) in [4.78, 5) is 54.9. The van der Waals surface area contributed by atoms with E-state index in [1.54, 1.807) is 9.58 Å². The molecule has 5 rings (SSSR count). The average Bonchev–Trinajstić information content (AvgIpc) is 3.62. The predicted octanol–water partition coefficient (Wildman–Crippen LogP) is 2.62. The lowest BCUT2D eigenvalue weighted by atomic mass is 9.95. The maximum Gasteiger partial charge on any atom is 0.253 e. The Labute approximate surface area is 264 Å². The molecule has 2 aromatic carbocycles. The fraction of sp³-hybridized carbons (Fsp3) is 0.355. The van der Waals surface area contributed by atoms with Crippen LogP contribution in [0.1, 0.15) is 18.4 Å². The van der Waals surface area contributed by atoms with Gasteiger partial charge in [-0.05, 0) is 17.2 Å². The van der Waals surface area contributed by atoms with Gasteiger partial charge in [0.2, 0.25) is 11.8 Å². The standard InChI is InChI=1S/C31H33N9O6/c32-36-34-14-17-45-19-20-46-18-16-40-31-23-6-2-1-5-22(23)21-39(25-8-4-3-7-24(25)30(31)35-37-40)29(44)11-13-33-26(41)12-15-38-27(42)9-10-28(38)43/h1-10H,11-21H2,(H,33,41). The number of nitrogens with zero attached hydrogens (tertiary/aromatic N) is 8. The number of carbonyl (C=O) groups is 4. The van der Waals surface area contributed by atoms with Crippen LogP contribution in [0.25, 0.3) is 33.0 Å². The van der Waals surface area contributed by atoms with Crippen molar-refractivity contribution in [2.75, 3.05) is 51.0 Å². The highest BCUT2D eigenvalue weighted by molar-refractivity contribution is 6.13. The van der Waals surface area contributed by atoms with Gasteiger partial charge in [-0.15, -0.1) is 5.10 Å². The van der Waals surface area contributed by atoms with Crippen molar-refractivity contribution >= 4 is 29.3 Å². The third kappa shape index (κ3) is 7.64. The Hall–Kier alpha value is -5.37. The molecular formula is C31H33N9O6. The van der Waals surface area contributed by atoms with E-state index in [1.165, 1.54) is 12.2 Å². The van der Waals surface area contributed by atoms with Crippen molar-refractivity contribution in [3.05, 3.63) is 76.7 Å². The molecule has 4 amide bonds. The van der Waals surface area contributed by atoms with E-state index in [2.05, 4.69) is 25.7 Å². The van der Waals surface area contributed by atoms with Gasteiger partial charge in [0.25, 0.3) is 11.8 Å². The van der Waals surface area contributed by atoms with E-state index in [-0.39, 0.29) is 44.3 Å². The van der Waals surface area contributed by atoms with Gasteiger partial charge in [0, 0.05) is 60.7 Å². The minimum absolute atomic E-state index is 0.0234. The van der Waals surface area contributed by atoms with E-state index in [4.69, 9.17) is 15.0 Å². The number of rotatable bonds is 15. The number of fused-ring (bicyclic) bond motifs is 5. The number of benzene rings is 2. The van der Waals surface area contributed by atoms with Crippen molar-refractivity contribution < 1.29 is 28.7 Å². The normalized spacial score (nSPS) is 13.4. The number of imide groups is 1. The Bertz CT molecular complexity index is 1660. The van der Waals surface area contributed by atoms with Crippen molar-refractivity contribution in [3.63, 3.8) is 0 Å². The first kappa shape index (κ1) is 32.0. The van der Waals surface area contributed by atoms with Crippen LogP contribution in [0.3, 0.4) is 0 Å². The van der Waals surface area contributed by atoms with Gasteiger partial charge in [0.05, 0.1) is 50.9 Å². The molecule has 2 aliphatic rings. The number of para-hydroxylation sites is 1. The topological polar surface area (TPSA) is 185 Å². The fourth-order valence-electron chi connectivity index (χ4n) is 5.21. The Morgan fingerprint density at radius 2 is 1.63 bits per heavy atom. The maximum absolute atomic E-state index is 13.7. The number of hydrogen-bond acceptors (Lipinski definition) is 9. The largest absolute Gasteiger partial charge is 0.379 e. The minimum atomic E-state index is -0.442. The first-order valence-corrected chi connectivity index (χ1v) is 14.9.